The highest BCUT2D eigenvalue weighted by atomic mass is 16.5. The lowest BCUT2D eigenvalue weighted by Gasteiger charge is -2.39. The van der Waals surface area contributed by atoms with E-state index in [1.807, 2.05) is 6.08 Å². The first kappa shape index (κ1) is 17.1. The van der Waals surface area contributed by atoms with Crippen molar-refractivity contribution in [3.8, 4) is 5.75 Å². The summed E-state index contributed by atoms with van der Waals surface area (Å²) >= 11 is 0. The molecule has 0 bridgehead atoms. The Morgan fingerprint density at radius 1 is 1.36 bits per heavy atom. The number of rotatable bonds is 4. The van der Waals surface area contributed by atoms with Crippen molar-refractivity contribution < 1.29 is 4.74 Å². The molecule has 1 aromatic rings. The minimum absolute atomic E-state index is 0.133. The molecule has 2 rings (SSSR count). The average Bonchev–Trinajstić information content (AvgIpc) is 2.42. The number of hydrogen-bond acceptors (Lipinski definition) is 2. The molecule has 0 unspecified atom stereocenters. The van der Waals surface area contributed by atoms with Gasteiger partial charge >= 0.3 is 0 Å². The van der Waals surface area contributed by atoms with E-state index < -0.39 is 0 Å². The van der Waals surface area contributed by atoms with E-state index in [0.717, 1.165) is 31.7 Å². The number of hydrogen-bond donors (Lipinski definition) is 1. The quantitative estimate of drug-likeness (QED) is 0.828. The maximum atomic E-state index is 6.50. The standard InChI is InChI=1S/C20H31NO/c1-7-8-15-9-10-16(19(2,3)4)13-17(15)22-18-11-12-21-14-20(18,5)6/h7,9-10,13,18,21H,1,8,11-12,14H2,2-6H3/t18-/m1/s1. The summed E-state index contributed by atoms with van der Waals surface area (Å²) in [5.74, 6) is 1.03. The predicted octanol–water partition coefficient (Wildman–Crippen LogP) is 4.48. The van der Waals surface area contributed by atoms with E-state index >= 15 is 0 Å². The molecule has 1 saturated heterocycles. The second-order valence-corrected chi connectivity index (χ2v) is 8.13. The Morgan fingerprint density at radius 3 is 2.68 bits per heavy atom. The summed E-state index contributed by atoms with van der Waals surface area (Å²) in [6.07, 6.45) is 4.12. The number of nitrogens with one attached hydrogen (secondary N) is 1. The van der Waals surface area contributed by atoms with Crippen molar-refractivity contribution >= 4 is 0 Å². The van der Waals surface area contributed by atoms with Crippen LogP contribution in [0.25, 0.3) is 0 Å². The van der Waals surface area contributed by atoms with Crippen LogP contribution in [0.5, 0.6) is 5.75 Å². The van der Waals surface area contributed by atoms with E-state index in [1.165, 1.54) is 11.1 Å². The highest BCUT2D eigenvalue weighted by molar-refractivity contribution is 5.41. The molecule has 1 heterocycles. The van der Waals surface area contributed by atoms with Crippen LogP contribution in [0.3, 0.4) is 0 Å². The number of ether oxygens (including phenoxy) is 1. The van der Waals surface area contributed by atoms with Gasteiger partial charge in [0.2, 0.25) is 0 Å². The first-order valence-electron chi connectivity index (χ1n) is 8.36. The third-order valence-corrected chi connectivity index (χ3v) is 4.60. The molecule has 0 radical (unpaired) electrons. The van der Waals surface area contributed by atoms with Gasteiger partial charge in [-0.25, -0.2) is 0 Å². The van der Waals surface area contributed by atoms with E-state index in [-0.39, 0.29) is 16.9 Å². The Kier molecular flexibility index (Phi) is 5.01. The van der Waals surface area contributed by atoms with E-state index in [0.29, 0.717) is 0 Å². The zero-order chi connectivity index (χ0) is 16.4. The molecule has 1 fully saturated rings. The first-order valence-corrected chi connectivity index (χ1v) is 8.36. The van der Waals surface area contributed by atoms with Crippen LogP contribution in [-0.4, -0.2) is 19.2 Å². The van der Waals surface area contributed by atoms with Crippen LogP contribution in [0.1, 0.15) is 52.2 Å². The van der Waals surface area contributed by atoms with Crippen molar-refractivity contribution in [1.29, 1.82) is 0 Å². The van der Waals surface area contributed by atoms with E-state index in [4.69, 9.17) is 4.74 Å². The lowest BCUT2D eigenvalue weighted by Crippen LogP contribution is -2.48. The summed E-state index contributed by atoms with van der Waals surface area (Å²) in [7, 11) is 0. The van der Waals surface area contributed by atoms with Gasteiger partial charge in [-0.1, -0.05) is 52.8 Å². The average molecular weight is 301 g/mol. The molecule has 0 spiro atoms. The van der Waals surface area contributed by atoms with Gasteiger partial charge in [-0.3, -0.25) is 0 Å². The Labute approximate surface area is 136 Å². The number of piperidine rings is 1. The fourth-order valence-electron chi connectivity index (χ4n) is 2.97. The van der Waals surface area contributed by atoms with Gasteiger partial charge in [0.15, 0.2) is 0 Å². The van der Waals surface area contributed by atoms with Crippen LogP contribution >= 0.6 is 0 Å². The van der Waals surface area contributed by atoms with E-state index in [9.17, 15) is 0 Å². The van der Waals surface area contributed by atoms with Crippen molar-refractivity contribution in [2.75, 3.05) is 13.1 Å². The summed E-state index contributed by atoms with van der Waals surface area (Å²) in [5.41, 5.74) is 2.84. The Balaban J connectivity index is 2.32. The molecule has 0 saturated carbocycles. The van der Waals surface area contributed by atoms with Gasteiger partial charge in [-0.15, -0.1) is 6.58 Å². The molecule has 122 valence electrons. The molecule has 22 heavy (non-hydrogen) atoms. The topological polar surface area (TPSA) is 21.3 Å². The molecule has 0 amide bonds. The zero-order valence-electron chi connectivity index (χ0n) is 14.8. The van der Waals surface area contributed by atoms with Crippen molar-refractivity contribution in [2.24, 2.45) is 5.41 Å². The van der Waals surface area contributed by atoms with Crippen molar-refractivity contribution in [3.05, 3.63) is 42.0 Å². The fraction of sp³-hybridized carbons (Fsp3) is 0.600. The van der Waals surface area contributed by atoms with Gasteiger partial charge in [0.05, 0.1) is 0 Å². The lowest BCUT2D eigenvalue weighted by atomic mass is 9.82. The van der Waals surface area contributed by atoms with Gasteiger partial charge in [-0.05, 0) is 42.0 Å². The van der Waals surface area contributed by atoms with Gasteiger partial charge in [0, 0.05) is 12.0 Å². The highest BCUT2D eigenvalue weighted by Crippen LogP contribution is 2.34. The fourth-order valence-corrected chi connectivity index (χ4v) is 2.97. The molecule has 1 aliphatic rings. The van der Waals surface area contributed by atoms with Crippen molar-refractivity contribution in [2.45, 2.75) is 59.0 Å². The van der Waals surface area contributed by atoms with E-state index in [2.05, 4.69) is 64.7 Å². The summed E-state index contributed by atoms with van der Waals surface area (Å²) < 4.78 is 6.50. The Morgan fingerprint density at radius 2 is 2.09 bits per heavy atom. The molecule has 1 atom stereocenters. The van der Waals surface area contributed by atoms with Crippen LogP contribution < -0.4 is 10.1 Å². The first-order chi connectivity index (χ1) is 10.2. The van der Waals surface area contributed by atoms with Crippen molar-refractivity contribution in [1.82, 2.24) is 5.32 Å². The summed E-state index contributed by atoms with van der Waals surface area (Å²) in [5, 5.41) is 3.47. The molecule has 0 aromatic heterocycles. The van der Waals surface area contributed by atoms with Crippen LogP contribution in [-0.2, 0) is 11.8 Å². The zero-order valence-corrected chi connectivity index (χ0v) is 14.8. The maximum Gasteiger partial charge on any atom is 0.123 e. The molecule has 1 aromatic carbocycles. The largest absolute Gasteiger partial charge is 0.489 e. The SMILES string of the molecule is C=CCc1ccc(C(C)(C)C)cc1O[C@@H]1CCNCC1(C)C. The Hall–Kier alpha value is -1.28. The summed E-state index contributed by atoms with van der Waals surface area (Å²) in [6.45, 7) is 17.2. The minimum atomic E-state index is 0.133. The maximum absolute atomic E-state index is 6.50. The number of allylic oxidation sites excluding steroid dienone is 1. The molecule has 0 aliphatic carbocycles. The monoisotopic (exact) mass is 301 g/mol. The van der Waals surface area contributed by atoms with Gasteiger partial charge in [-0.2, -0.15) is 0 Å². The molecule has 2 heteroatoms. The second kappa shape index (κ2) is 6.45. The summed E-state index contributed by atoms with van der Waals surface area (Å²) in [6, 6.07) is 6.65. The van der Waals surface area contributed by atoms with E-state index in [1.54, 1.807) is 0 Å². The van der Waals surface area contributed by atoms with Gasteiger partial charge in [0.1, 0.15) is 11.9 Å². The van der Waals surface area contributed by atoms with Crippen molar-refractivity contribution in [3.63, 3.8) is 0 Å². The van der Waals surface area contributed by atoms with Gasteiger partial charge in [0.25, 0.3) is 0 Å². The molecule has 1 aliphatic heterocycles. The van der Waals surface area contributed by atoms with Gasteiger partial charge < -0.3 is 10.1 Å². The molecule has 1 N–H and O–H groups in total. The second-order valence-electron chi connectivity index (χ2n) is 8.13. The smallest absolute Gasteiger partial charge is 0.123 e. The molecular weight excluding hydrogens is 270 g/mol. The minimum Gasteiger partial charge on any atom is -0.489 e. The molecule has 2 nitrogen and oxygen atoms in total. The predicted molar refractivity (Wildman–Crippen MR) is 94.7 cm³/mol. The third kappa shape index (κ3) is 3.92. The summed E-state index contributed by atoms with van der Waals surface area (Å²) in [4.78, 5) is 0. The molecular formula is C20H31NO. The van der Waals surface area contributed by atoms with Crippen LogP contribution in [0.2, 0.25) is 0 Å². The number of benzene rings is 1. The third-order valence-electron chi connectivity index (χ3n) is 4.60. The Bertz CT molecular complexity index is 525. The normalized spacial score (nSPS) is 21.4. The van der Waals surface area contributed by atoms with Crippen LogP contribution in [0, 0.1) is 5.41 Å². The lowest BCUT2D eigenvalue weighted by molar-refractivity contribution is 0.0443. The van der Waals surface area contributed by atoms with Crippen LogP contribution in [0.15, 0.2) is 30.9 Å². The van der Waals surface area contributed by atoms with Crippen LogP contribution in [0.4, 0.5) is 0 Å². The highest BCUT2D eigenvalue weighted by Gasteiger charge is 2.34.